The van der Waals surface area contributed by atoms with Crippen molar-refractivity contribution in [1.29, 1.82) is 0 Å². The van der Waals surface area contributed by atoms with E-state index in [-0.39, 0.29) is 11.9 Å². The number of carbonyl (C=O) groups is 1. The van der Waals surface area contributed by atoms with E-state index in [4.69, 9.17) is 0 Å². The maximum atomic E-state index is 11.7. The molecular formula is C12H22N2O. The molecule has 3 nitrogen and oxygen atoms in total. The smallest absolute Gasteiger partial charge is 0.239 e. The standard InChI is InChI=1S/C12H22N2O/c1-9(8-10-4-3-5-10)13-11-6-7-14(2)12(11)15/h9-11,13H,3-8H2,1-2H3. The lowest BCUT2D eigenvalue weighted by molar-refractivity contribution is -0.128. The molecule has 1 heterocycles. The third-order valence-corrected chi connectivity index (χ3v) is 3.82. The maximum Gasteiger partial charge on any atom is 0.239 e. The molecule has 0 bridgehead atoms. The molecular weight excluding hydrogens is 188 g/mol. The molecule has 3 heteroatoms. The van der Waals surface area contributed by atoms with Crippen LogP contribution in [0.3, 0.4) is 0 Å². The second kappa shape index (κ2) is 4.52. The van der Waals surface area contributed by atoms with E-state index in [0.29, 0.717) is 6.04 Å². The predicted molar refractivity (Wildman–Crippen MR) is 60.6 cm³/mol. The van der Waals surface area contributed by atoms with Crippen LogP contribution in [0.15, 0.2) is 0 Å². The lowest BCUT2D eigenvalue weighted by atomic mass is 9.81. The molecule has 0 aromatic rings. The highest BCUT2D eigenvalue weighted by Crippen LogP contribution is 2.30. The molecule has 0 aromatic heterocycles. The van der Waals surface area contributed by atoms with Crippen LogP contribution in [0.1, 0.15) is 39.0 Å². The molecule has 0 aromatic carbocycles. The molecule has 1 amide bonds. The molecule has 0 spiro atoms. The average Bonchev–Trinajstić information content (AvgIpc) is 2.43. The van der Waals surface area contributed by atoms with Gasteiger partial charge >= 0.3 is 0 Å². The highest BCUT2D eigenvalue weighted by Gasteiger charge is 2.30. The Kier molecular flexibility index (Phi) is 3.29. The summed E-state index contributed by atoms with van der Waals surface area (Å²) in [4.78, 5) is 13.5. The minimum Gasteiger partial charge on any atom is -0.344 e. The summed E-state index contributed by atoms with van der Waals surface area (Å²) >= 11 is 0. The summed E-state index contributed by atoms with van der Waals surface area (Å²) in [6.45, 7) is 3.12. The van der Waals surface area contributed by atoms with Gasteiger partial charge in [-0.2, -0.15) is 0 Å². The van der Waals surface area contributed by atoms with E-state index in [2.05, 4.69) is 12.2 Å². The second-order valence-corrected chi connectivity index (χ2v) is 5.20. The molecule has 1 N–H and O–H groups in total. The fourth-order valence-electron chi connectivity index (χ4n) is 2.62. The normalized spacial score (nSPS) is 29.3. The van der Waals surface area contributed by atoms with Crippen LogP contribution in [0, 0.1) is 5.92 Å². The van der Waals surface area contributed by atoms with Crippen molar-refractivity contribution in [3.05, 3.63) is 0 Å². The van der Waals surface area contributed by atoms with Gasteiger partial charge in [-0.25, -0.2) is 0 Å². The molecule has 1 aliphatic carbocycles. The number of carbonyl (C=O) groups excluding carboxylic acids is 1. The summed E-state index contributed by atoms with van der Waals surface area (Å²) in [5, 5.41) is 3.47. The number of amides is 1. The summed E-state index contributed by atoms with van der Waals surface area (Å²) in [6, 6.07) is 0.584. The zero-order chi connectivity index (χ0) is 10.8. The predicted octanol–water partition coefficient (Wildman–Crippen LogP) is 1.39. The van der Waals surface area contributed by atoms with Gasteiger partial charge in [0.05, 0.1) is 6.04 Å². The van der Waals surface area contributed by atoms with Gasteiger partial charge in [0.2, 0.25) is 5.91 Å². The van der Waals surface area contributed by atoms with E-state index >= 15 is 0 Å². The van der Waals surface area contributed by atoms with Crippen molar-refractivity contribution in [3.63, 3.8) is 0 Å². The van der Waals surface area contributed by atoms with Gasteiger partial charge in [0.15, 0.2) is 0 Å². The van der Waals surface area contributed by atoms with Crippen molar-refractivity contribution in [3.8, 4) is 0 Å². The van der Waals surface area contributed by atoms with Gasteiger partial charge in [-0.05, 0) is 25.7 Å². The van der Waals surface area contributed by atoms with Crippen molar-refractivity contribution >= 4 is 5.91 Å². The zero-order valence-corrected chi connectivity index (χ0v) is 9.83. The maximum absolute atomic E-state index is 11.7. The first-order valence-electron chi connectivity index (χ1n) is 6.18. The Morgan fingerprint density at radius 2 is 2.20 bits per heavy atom. The van der Waals surface area contributed by atoms with E-state index in [1.54, 1.807) is 0 Å². The Morgan fingerprint density at radius 1 is 1.47 bits per heavy atom. The summed E-state index contributed by atoms with van der Waals surface area (Å²) in [7, 11) is 1.89. The lowest BCUT2D eigenvalue weighted by Crippen LogP contribution is -2.42. The first kappa shape index (κ1) is 10.9. The SMILES string of the molecule is CC(CC1CCC1)NC1CCN(C)C1=O. The number of hydrogen-bond acceptors (Lipinski definition) is 2. The Bertz CT molecular complexity index is 238. The van der Waals surface area contributed by atoms with Crippen molar-refractivity contribution in [2.75, 3.05) is 13.6 Å². The van der Waals surface area contributed by atoms with Crippen molar-refractivity contribution in [1.82, 2.24) is 10.2 Å². The first-order chi connectivity index (χ1) is 7.16. The summed E-state index contributed by atoms with van der Waals surface area (Å²) < 4.78 is 0. The number of likely N-dealkylation sites (N-methyl/N-ethyl adjacent to an activating group) is 1. The van der Waals surface area contributed by atoms with Crippen LogP contribution in [0.4, 0.5) is 0 Å². The van der Waals surface area contributed by atoms with Gasteiger partial charge < -0.3 is 10.2 Å². The molecule has 1 saturated heterocycles. The molecule has 2 rings (SSSR count). The van der Waals surface area contributed by atoms with Gasteiger partial charge in [0, 0.05) is 19.6 Å². The van der Waals surface area contributed by atoms with Gasteiger partial charge in [-0.3, -0.25) is 4.79 Å². The van der Waals surface area contributed by atoms with Crippen LogP contribution in [0.5, 0.6) is 0 Å². The van der Waals surface area contributed by atoms with Gasteiger partial charge in [-0.15, -0.1) is 0 Å². The Hall–Kier alpha value is -0.570. The van der Waals surface area contributed by atoms with Crippen molar-refractivity contribution < 1.29 is 4.79 Å². The molecule has 2 unspecified atom stereocenters. The number of nitrogens with zero attached hydrogens (tertiary/aromatic N) is 1. The van der Waals surface area contributed by atoms with E-state index in [0.717, 1.165) is 18.9 Å². The van der Waals surface area contributed by atoms with Crippen LogP contribution in [0.25, 0.3) is 0 Å². The van der Waals surface area contributed by atoms with Crippen LogP contribution in [0.2, 0.25) is 0 Å². The summed E-state index contributed by atoms with van der Waals surface area (Å²) in [5.41, 5.74) is 0. The van der Waals surface area contributed by atoms with E-state index in [1.807, 2.05) is 11.9 Å². The summed E-state index contributed by atoms with van der Waals surface area (Å²) in [6.07, 6.45) is 6.41. The number of rotatable bonds is 4. The van der Waals surface area contributed by atoms with E-state index in [1.165, 1.54) is 25.7 Å². The molecule has 1 saturated carbocycles. The monoisotopic (exact) mass is 210 g/mol. The van der Waals surface area contributed by atoms with E-state index in [9.17, 15) is 4.79 Å². The zero-order valence-electron chi connectivity index (χ0n) is 9.83. The third kappa shape index (κ3) is 2.51. The van der Waals surface area contributed by atoms with Crippen LogP contribution in [-0.4, -0.2) is 36.5 Å². The Labute approximate surface area is 92.2 Å². The van der Waals surface area contributed by atoms with Gasteiger partial charge in [-0.1, -0.05) is 19.3 Å². The van der Waals surface area contributed by atoms with Crippen LogP contribution >= 0.6 is 0 Å². The number of likely N-dealkylation sites (tertiary alicyclic amines) is 1. The third-order valence-electron chi connectivity index (χ3n) is 3.82. The number of hydrogen-bond donors (Lipinski definition) is 1. The quantitative estimate of drug-likeness (QED) is 0.760. The highest BCUT2D eigenvalue weighted by atomic mass is 16.2. The fourth-order valence-corrected chi connectivity index (χ4v) is 2.62. The fraction of sp³-hybridized carbons (Fsp3) is 0.917. The van der Waals surface area contributed by atoms with Crippen LogP contribution in [-0.2, 0) is 4.79 Å². The minimum atomic E-state index is 0.0880. The van der Waals surface area contributed by atoms with Gasteiger partial charge in [0.25, 0.3) is 0 Å². The molecule has 86 valence electrons. The molecule has 0 radical (unpaired) electrons. The minimum absolute atomic E-state index is 0.0880. The number of nitrogens with one attached hydrogen (secondary N) is 1. The van der Waals surface area contributed by atoms with E-state index < -0.39 is 0 Å². The Balaban J connectivity index is 1.73. The molecule has 2 fully saturated rings. The molecule has 15 heavy (non-hydrogen) atoms. The Morgan fingerprint density at radius 3 is 2.67 bits per heavy atom. The van der Waals surface area contributed by atoms with Crippen molar-refractivity contribution in [2.24, 2.45) is 5.92 Å². The largest absolute Gasteiger partial charge is 0.344 e. The molecule has 1 aliphatic heterocycles. The van der Waals surface area contributed by atoms with Gasteiger partial charge in [0.1, 0.15) is 0 Å². The summed E-state index contributed by atoms with van der Waals surface area (Å²) in [5.74, 6) is 1.19. The van der Waals surface area contributed by atoms with Crippen LogP contribution < -0.4 is 5.32 Å². The molecule has 2 aliphatic rings. The first-order valence-corrected chi connectivity index (χ1v) is 6.18. The molecule has 2 atom stereocenters. The lowest BCUT2D eigenvalue weighted by Gasteiger charge is -2.29. The second-order valence-electron chi connectivity index (χ2n) is 5.20. The van der Waals surface area contributed by atoms with Crippen molar-refractivity contribution in [2.45, 2.75) is 51.1 Å². The highest BCUT2D eigenvalue weighted by molar-refractivity contribution is 5.83. The average molecular weight is 210 g/mol. The topological polar surface area (TPSA) is 32.3 Å².